The van der Waals surface area contributed by atoms with Gasteiger partial charge in [-0.05, 0) is 32.9 Å². The fraction of sp³-hybridized carbons (Fsp3) is 0.600. The SMILES string of the molecule is CCN(CC)c1ccc(N(CC)CCO)c(OC)c1. The van der Waals surface area contributed by atoms with Crippen LogP contribution in [0.2, 0.25) is 0 Å². The van der Waals surface area contributed by atoms with Crippen molar-refractivity contribution in [2.24, 2.45) is 0 Å². The van der Waals surface area contributed by atoms with Gasteiger partial charge in [-0.15, -0.1) is 0 Å². The average Bonchev–Trinajstić information content (AvgIpc) is 2.46. The molecule has 1 N–H and O–H groups in total. The predicted molar refractivity (Wildman–Crippen MR) is 81.5 cm³/mol. The van der Waals surface area contributed by atoms with Crippen molar-refractivity contribution in [2.45, 2.75) is 20.8 Å². The summed E-state index contributed by atoms with van der Waals surface area (Å²) in [4.78, 5) is 4.40. The Bertz CT molecular complexity index is 378. The Kier molecular flexibility index (Phi) is 6.50. The largest absolute Gasteiger partial charge is 0.495 e. The summed E-state index contributed by atoms with van der Waals surface area (Å²) in [5.74, 6) is 0.861. The molecular formula is C15H26N2O2. The zero-order valence-electron chi connectivity index (χ0n) is 12.5. The third-order valence-electron chi connectivity index (χ3n) is 3.38. The molecule has 0 aromatic heterocycles. The fourth-order valence-corrected chi connectivity index (χ4v) is 2.28. The number of nitrogens with zero attached hydrogens (tertiary/aromatic N) is 2. The Balaban J connectivity index is 3.07. The van der Waals surface area contributed by atoms with Gasteiger partial charge in [-0.3, -0.25) is 0 Å². The summed E-state index contributed by atoms with van der Waals surface area (Å²) in [6.07, 6.45) is 0. The van der Waals surface area contributed by atoms with Crippen molar-refractivity contribution < 1.29 is 9.84 Å². The standard InChI is InChI=1S/C15H26N2O2/c1-5-16(6-2)13-8-9-14(15(12-13)19-4)17(7-3)10-11-18/h8-9,12,18H,5-7,10-11H2,1-4H3. The highest BCUT2D eigenvalue weighted by molar-refractivity contribution is 5.65. The number of hydrogen-bond acceptors (Lipinski definition) is 4. The van der Waals surface area contributed by atoms with Crippen LogP contribution in [0.1, 0.15) is 20.8 Å². The lowest BCUT2D eigenvalue weighted by Crippen LogP contribution is -2.27. The van der Waals surface area contributed by atoms with Crippen LogP contribution in [0.15, 0.2) is 18.2 Å². The van der Waals surface area contributed by atoms with Gasteiger partial charge >= 0.3 is 0 Å². The predicted octanol–water partition coefficient (Wildman–Crippen LogP) is 2.36. The smallest absolute Gasteiger partial charge is 0.144 e. The Morgan fingerprint density at radius 3 is 2.16 bits per heavy atom. The van der Waals surface area contributed by atoms with Gasteiger partial charge in [0.2, 0.25) is 0 Å². The molecule has 0 amide bonds. The molecule has 0 fully saturated rings. The molecule has 108 valence electrons. The average molecular weight is 266 g/mol. The van der Waals surface area contributed by atoms with E-state index in [0.717, 1.165) is 31.1 Å². The number of rotatable bonds is 8. The van der Waals surface area contributed by atoms with Gasteiger partial charge in [0.05, 0.1) is 19.4 Å². The number of methoxy groups -OCH3 is 1. The van der Waals surface area contributed by atoms with Gasteiger partial charge < -0.3 is 19.6 Å². The van der Waals surface area contributed by atoms with Crippen LogP contribution in [-0.4, -0.2) is 45.0 Å². The maximum Gasteiger partial charge on any atom is 0.144 e. The first kappa shape index (κ1) is 15.6. The molecule has 0 aliphatic heterocycles. The summed E-state index contributed by atoms with van der Waals surface area (Å²) in [7, 11) is 1.69. The van der Waals surface area contributed by atoms with E-state index in [0.29, 0.717) is 6.54 Å². The zero-order valence-corrected chi connectivity index (χ0v) is 12.5. The van der Waals surface area contributed by atoms with E-state index in [1.165, 1.54) is 5.69 Å². The van der Waals surface area contributed by atoms with Crippen molar-refractivity contribution >= 4 is 11.4 Å². The number of aliphatic hydroxyl groups is 1. The van der Waals surface area contributed by atoms with Gasteiger partial charge in [0.25, 0.3) is 0 Å². The third kappa shape index (κ3) is 3.77. The molecule has 0 saturated carbocycles. The van der Waals surface area contributed by atoms with Crippen LogP contribution in [-0.2, 0) is 0 Å². The summed E-state index contributed by atoms with van der Waals surface area (Å²) >= 11 is 0. The molecule has 1 aromatic carbocycles. The maximum atomic E-state index is 9.12. The number of ether oxygens (including phenoxy) is 1. The van der Waals surface area contributed by atoms with E-state index in [-0.39, 0.29) is 6.61 Å². The maximum absolute atomic E-state index is 9.12. The minimum atomic E-state index is 0.148. The number of benzene rings is 1. The molecule has 0 unspecified atom stereocenters. The molecule has 1 aromatic rings. The van der Waals surface area contributed by atoms with Crippen LogP contribution in [0.5, 0.6) is 5.75 Å². The van der Waals surface area contributed by atoms with Gasteiger partial charge in [-0.2, -0.15) is 0 Å². The number of likely N-dealkylation sites (N-methyl/N-ethyl adjacent to an activating group) is 1. The number of aliphatic hydroxyl groups excluding tert-OH is 1. The van der Waals surface area contributed by atoms with Gasteiger partial charge in [-0.25, -0.2) is 0 Å². The zero-order chi connectivity index (χ0) is 14.3. The fourth-order valence-electron chi connectivity index (χ4n) is 2.28. The first-order valence-electron chi connectivity index (χ1n) is 7.00. The summed E-state index contributed by atoms with van der Waals surface area (Å²) in [6.45, 7) is 9.95. The van der Waals surface area contributed by atoms with Crippen molar-refractivity contribution in [1.82, 2.24) is 0 Å². The van der Waals surface area contributed by atoms with Crippen molar-refractivity contribution in [3.8, 4) is 5.75 Å². The van der Waals surface area contributed by atoms with Gasteiger partial charge in [-0.1, -0.05) is 0 Å². The molecule has 1 rings (SSSR count). The second kappa shape index (κ2) is 7.89. The molecule has 4 heteroatoms. The lowest BCUT2D eigenvalue weighted by atomic mass is 10.2. The van der Waals surface area contributed by atoms with Gasteiger partial charge in [0.15, 0.2) is 0 Å². The van der Waals surface area contributed by atoms with Crippen LogP contribution in [0, 0.1) is 0 Å². The Morgan fingerprint density at radius 2 is 1.68 bits per heavy atom. The summed E-state index contributed by atoms with van der Waals surface area (Å²) in [5.41, 5.74) is 2.21. The molecule has 0 atom stereocenters. The molecule has 0 bridgehead atoms. The minimum Gasteiger partial charge on any atom is -0.495 e. The monoisotopic (exact) mass is 266 g/mol. The van der Waals surface area contributed by atoms with Gasteiger partial charge in [0.1, 0.15) is 5.75 Å². The van der Waals surface area contributed by atoms with Crippen molar-refractivity contribution in [1.29, 1.82) is 0 Å². The summed E-state index contributed by atoms with van der Waals surface area (Å²) in [5, 5.41) is 9.12. The second-order valence-electron chi connectivity index (χ2n) is 4.33. The Morgan fingerprint density at radius 1 is 1.05 bits per heavy atom. The van der Waals surface area contributed by atoms with E-state index in [4.69, 9.17) is 9.84 Å². The van der Waals surface area contributed by atoms with E-state index < -0.39 is 0 Å². The van der Waals surface area contributed by atoms with Crippen LogP contribution in [0.25, 0.3) is 0 Å². The van der Waals surface area contributed by atoms with Crippen LogP contribution in [0.4, 0.5) is 11.4 Å². The van der Waals surface area contributed by atoms with E-state index >= 15 is 0 Å². The van der Waals surface area contributed by atoms with Crippen molar-refractivity contribution in [3.05, 3.63) is 18.2 Å². The first-order valence-corrected chi connectivity index (χ1v) is 7.00. The molecule has 0 aliphatic rings. The molecular weight excluding hydrogens is 240 g/mol. The topological polar surface area (TPSA) is 35.9 Å². The highest BCUT2D eigenvalue weighted by Crippen LogP contribution is 2.32. The molecule has 0 radical (unpaired) electrons. The molecule has 4 nitrogen and oxygen atoms in total. The van der Waals surface area contributed by atoms with Crippen LogP contribution in [0.3, 0.4) is 0 Å². The lowest BCUT2D eigenvalue weighted by molar-refractivity contribution is 0.302. The van der Waals surface area contributed by atoms with Crippen molar-refractivity contribution in [2.75, 3.05) is 49.7 Å². The minimum absolute atomic E-state index is 0.148. The Hall–Kier alpha value is -1.42. The normalized spacial score (nSPS) is 10.4. The molecule has 0 saturated heterocycles. The quantitative estimate of drug-likeness (QED) is 0.783. The molecule has 0 spiro atoms. The second-order valence-corrected chi connectivity index (χ2v) is 4.33. The summed E-state index contributed by atoms with van der Waals surface area (Å²) in [6, 6.07) is 6.26. The summed E-state index contributed by atoms with van der Waals surface area (Å²) < 4.78 is 5.50. The number of anilines is 2. The molecule has 0 aliphatic carbocycles. The molecule has 19 heavy (non-hydrogen) atoms. The lowest BCUT2D eigenvalue weighted by Gasteiger charge is -2.27. The van der Waals surface area contributed by atoms with Crippen LogP contribution < -0.4 is 14.5 Å². The van der Waals surface area contributed by atoms with E-state index in [1.54, 1.807) is 7.11 Å². The van der Waals surface area contributed by atoms with E-state index in [1.807, 2.05) is 0 Å². The van der Waals surface area contributed by atoms with Crippen LogP contribution >= 0.6 is 0 Å². The van der Waals surface area contributed by atoms with Gasteiger partial charge in [0, 0.05) is 37.9 Å². The highest BCUT2D eigenvalue weighted by atomic mass is 16.5. The Labute approximate surface area is 116 Å². The van der Waals surface area contributed by atoms with E-state index in [2.05, 4.69) is 48.8 Å². The number of hydrogen-bond donors (Lipinski definition) is 1. The van der Waals surface area contributed by atoms with E-state index in [9.17, 15) is 0 Å². The third-order valence-corrected chi connectivity index (χ3v) is 3.38. The molecule has 0 heterocycles. The first-order chi connectivity index (χ1) is 9.21. The van der Waals surface area contributed by atoms with Crippen molar-refractivity contribution in [3.63, 3.8) is 0 Å². The highest BCUT2D eigenvalue weighted by Gasteiger charge is 2.12.